The quantitative estimate of drug-likeness (QED) is 0.588. The second kappa shape index (κ2) is 7.75. The highest BCUT2D eigenvalue weighted by Crippen LogP contribution is 2.18. The molecular weight excluding hydrogens is 270 g/mol. The molecule has 8 nitrogen and oxygen atoms in total. The normalized spacial score (nSPS) is 11.2. The zero-order valence-corrected chi connectivity index (χ0v) is 12.8. The molecule has 0 amide bonds. The van der Waals surface area contributed by atoms with Gasteiger partial charge in [0.1, 0.15) is 5.52 Å². The molecule has 21 heavy (non-hydrogen) atoms. The molecule has 0 aliphatic carbocycles. The summed E-state index contributed by atoms with van der Waals surface area (Å²) in [5, 5.41) is 6.36. The molecule has 2 heterocycles. The van der Waals surface area contributed by atoms with E-state index in [9.17, 15) is 0 Å². The van der Waals surface area contributed by atoms with Gasteiger partial charge >= 0.3 is 0 Å². The lowest BCUT2D eigenvalue weighted by Gasteiger charge is -2.11. The topological polar surface area (TPSA) is 91.0 Å². The number of rotatable bonds is 9. The maximum Gasteiger partial charge on any atom is 0.226 e. The van der Waals surface area contributed by atoms with E-state index in [4.69, 9.17) is 4.74 Å². The molecule has 0 aromatic carbocycles. The van der Waals surface area contributed by atoms with E-state index in [0.717, 1.165) is 31.0 Å². The Bertz CT molecular complexity index is 554. The number of imidazole rings is 1. The number of ether oxygens (including phenoxy) is 1. The van der Waals surface area contributed by atoms with Crippen molar-refractivity contribution in [3.05, 3.63) is 6.33 Å². The van der Waals surface area contributed by atoms with E-state index in [1.807, 2.05) is 21.0 Å². The number of nitrogens with one attached hydrogen (secondary N) is 3. The van der Waals surface area contributed by atoms with Crippen molar-refractivity contribution in [3.63, 3.8) is 0 Å². The second-order valence-corrected chi connectivity index (χ2v) is 4.87. The minimum absolute atomic E-state index is 0.577. The summed E-state index contributed by atoms with van der Waals surface area (Å²) < 4.78 is 5.55. The standard InChI is InChI=1S/C13H23N7O/c1-4-14-13-18-11(10-12(19-13)17-9-16-10)15-5-7-21-8-6-20(2)3/h9H,4-8H2,1-3H3,(H3,14,15,16,17,18,19). The lowest BCUT2D eigenvalue weighted by Crippen LogP contribution is -2.20. The minimum Gasteiger partial charge on any atom is -0.378 e. The Hall–Kier alpha value is -1.93. The van der Waals surface area contributed by atoms with Gasteiger partial charge in [-0.25, -0.2) is 4.98 Å². The summed E-state index contributed by atoms with van der Waals surface area (Å²) in [6, 6.07) is 0. The van der Waals surface area contributed by atoms with Crippen LogP contribution in [0.5, 0.6) is 0 Å². The van der Waals surface area contributed by atoms with Crippen LogP contribution in [0, 0.1) is 0 Å². The van der Waals surface area contributed by atoms with E-state index in [-0.39, 0.29) is 0 Å². The number of aromatic nitrogens is 4. The number of fused-ring (bicyclic) bond motifs is 1. The smallest absolute Gasteiger partial charge is 0.226 e. The van der Waals surface area contributed by atoms with Gasteiger partial charge in [-0.3, -0.25) is 0 Å². The lowest BCUT2D eigenvalue weighted by molar-refractivity contribution is 0.126. The third-order valence-electron chi connectivity index (χ3n) is 2.84. The van der Waals surface area contributed by atoms with Gasteiger partial charge in [0, 0.05) is 19.6 Å². The summed E-state index contributed by atoms with van der Waals surface area (Å²) >= 11 is 0. The number of hydrogen-bond acceptors (Lipinski definition) is 7. The first-order valence-electron chi connectivity index (χ1n) is 7.12. The molecule has 0 radical (unpaired) electrons. The van der Waals surface area contributed by atoms with Gasteiger partial charge in [0.2, 0.25) is 5.95 Å². The Morgan fingerprint density at radius 2 is 2.10 bits per heavy atom. The fourth-order valence-electron chi connectivity index (χ4n) is 1.79. The van der Waals surface area contributed by atoms with Crippen molar-refractivity contribution in [2.45, 2.75) is 6.92 Å². The SMILES string of the molecule is CCNc1nc(NCCOCCN(C)C)c2[nH]cnc2n1. The largest absolute Gasteiger partial charge is 0.378 e. The molecule has 0 saturated carbocycles. The van der Waals surface area contributed by atoms with E-state index in [0.29, 0.717) is 24.7 Å². The monoisotopic (exact) mass is 293 g/mol. The van der Waals surface area contributed by atoms with Crippen molar-refractivity contribution in [1.29, 1.82) is 0 Å². The van der Waals surface area contributed by atoms with E-state index < -0.39 is 0 Å². The zero-order chi connectivity index (χ0) is 15.1. The Morgan fingerprint density at radius 1 is 1.24 bits per heavy atom. The van der Waals surface area contributed by atoms with Gasteiger partial charge < -0.3 is 25.3 Å². The Labute approximate surface area is 124 Å². The average Bonchev–Trinajstić information content (AvgIpc) is 2.91. The summed E-state index contributed by atoms with van der Waals surface area (Å²) in [6.45, 7) is 5.73. The zero-order valence-electron chi connectivity index (χ0n) is 12.8. The number of aromatic amines is 1. The summed E-state index contributed by atoms with van der Waals surface area (Å²) in [5.41, 5.74) is 1.46. The van der Waals surface area contributed by atoms with Gasteiger partial charge in [0.25, 0.3) is 0 Å². The molecule has 2 aromatic heterocycles. The predicted molar refractivity (Wildman–Crippen MR) is 83.7 cm³/mol. The highest BCUT2D eigenvalue weighted by molar-refractivity contribution is 5.83. The van der Waals surface area contributed by atoms with E-state index in [1.54, 1.807) is 6.33 Å². The van der Waals surface area contributed by atoms with Crippen LogP contribution >= 0.6 is 0 Å². The van der Waals surface area contributed by atoms with Crippen LogP contribution in [0.4, 0.5) is 11.8 Å². The van der Waals surface area contributed by atoms with Crippen LogP contribution in [0.25, 0.3) is 11.2 Å². The third-order valence-corrected chi connectivity index (χ3v) is 2.84. The van der Waals surface area contributed by atoms with Crippen molar-refractivity contribution in [1.82, 2.24) is 24.8 Å². The van der Waals surface area contributed by atoms with Gasteiger partial charge in [0.15, 0.2) is 11.5 Å². The molecule has 0 aliphatic rings. The Morgan fingerprint density at radius 3 is 2.86 bits per heavy atom. The van der Waals surface area contributed by atoms with Crippen LogP contribution in [0.15, 0.2) is 6.33 Å². The number of H-pyrrole nitrogens is 1. The summed E-state index contributed by atoms with van der Waals surface area (Å²) in [5.74, 6) is 1.32. The van der Waals surface area contributed by atoms with Crippen molar-refractivity contribution in [3.8, 4) is 0 Å². The molecule has 0 unspecified atom stereocenters. The fourth-order valence-corrected chi connectivity index (χ4v) is 1.79. The van der Waals surface area contributed by atoms with Crippen LogP contribution in [-0.4, -0.2) is 71.8 Å². The van der Waals surface area contributed by atoms with Gasteiger partial charge in [-0.05, 0) is 21.0 Å². The van der Waals surface area contributed by atoms with E-state index in [1.165, 1.54) is 0 Å². The molecule has 8 heteroatoms. The summed E-state index contributed by atoms with van der Waals surface area (Å²) in [7, 11) is 4.06. The number of likely N-dealkylation sites (N-methyl/N-ethyl adjacent to an activating group) is 1. The molecule has 2 aromatic rings. The second-order valence-electron chi connectivity index (χ2n) is 4.87. The first kappa shape index (κ1) is 15.5. The average molecular weight is 293 g/mol. The van der Waals surface area contributed by atoms with Gasteiger partial charge in [-0.15, -0.1) is 0 Å². The van der Waals surface area contributed by atoms with Crippen molar-refractivity contribution in [2.75, 3.05) is 57.6 Å². The Kier molecular flexibility index (Phi) is 5.70. The summed E-state index contributed by atoms with van der Waals surface area (Å²) in [4.78, 5) is 18.1. The molecule has 2 rings (SSSR count). The Balaban J connectivity index is 1.89. The molecule has 0 saturated heterocycles. The highest BCUT2D eigenvalue weighted by atomic mass is 16.5. The fraction of sp³-hybridized carbons (Fsp3) is 0.615. The summed E-state index contributed by atoms with van der Waals surface area (Å²) in [6.07, 6.45) is 1.62. The predicted octanol–water partition coefficient (Wildman–Crippen LogP) is 0.775. The van der Waals surface area contributed by atoms with Crippen LogP contribution in [0.1, 0.15) is 6.92 Å². The maximum atomic E-state index is 5.55. The van der Waals surface area contributed by atoms with Crippen LogP contribution in [-0.2, 0) is 4.74 Å². The van der Waals surface area contributed by atoms with Crippen LogP contribution in [0.3, 0.4) is 0 Å². The van der Waals surface area contributed by atoms with Crippen LogP contribution < -0.4 is 10.6 Å². The maximum absolute atomic E-state index is 5.55. The third kappa shape index (κ3) is 4.54. The van der Waals surface area contributed by atoms with Crippen LogP contribution in [0.2, 0.25) is 0 Å². The lowest BCUT2D eigenvalue weighted by atomic mass is 10.4. The van der Waals surface area contributed by atoms with Crippen molar-refractivity contribution in [2.24, 2.45) is 0 Å². The van der Waals surface area contributed by atoms with Gasteiger partial charge in [0.05, 0.1) is 19.5 Å². The van der Waals surface area contributed by atoms with Crippen molar-refractivity contribution >= 4 is 22.9 Å². The minimum atomic E-state index is 0.577. The first-order valence-corrected chi connectivity index (χ1v) is 7.12. The molecule has 0 atom stereocenters. The molecule has 3 N–H and O–H groups in total. The molecule has 0 aliphatic heterocycles. The number of hydrogen-bond donors (Lipinski definition) is 3. The van der Waals surface area contributed by atoms with Gasteiger partial charge in [-0.2, -0.15) is 9.97 Å². The molecule has 116 valence electrons. The number of anilines is 2. The molecule has 0 bridgehead atoms. The van der Waals surface area contributed by atoms with Gasteiger partial charge in [-0.1, -0.05) is 0 Å². The van der Waals surface area contributed by atoms with E-state index in [2.05, 4.69) is 35.5 Å². The molecule has 0 spiro atoms. The van der Waals surface area contributed by atoms with Crippen molar-refractivity contribution < 1.29 is 4.74 Å². The highest BCUT2D eigenvalue weighted by Gasteiger charge is 2.08. The van der Waals surface area contributed by atoms with E-state index >= 15 is 0 Å². The molecule has 0 fully saturated rings. The first-order chi connectivity index (χ1) is 10.2. The number of nitrogens with zero attached hydrogens (tertiary/aromatic N) is 4. The molecular formula is C13H23N7O.